The van der Waals surface area contributed by atoms with Gasteiger partial charge < -0.3 is 0 Å². The molecule has 0 amide bonds. The van der Waals surface area contributed by atoms with Gasteiger partial charge in [0, 0.05) is 0 Å². The van der Waals surface area contributed by atoms with Gasteiger partial charge in [0.05, 0.1) is 0 Å². The first-order chi connectivity index (χ1) is 5.60. The molecule has 0 aromatic heterocycles. The van der Waals surface area contributed by atoms with Crippen LogP contribution < -0.4 is 0 Å². The van der Waals surface area contributed by atoms with E-state index in [2.05, 4.69) is 54.2 Å². The molecule has 1 heteroatoms. The molecule has 0 heterocycles. The maximum absolute atomic E-state index is 4.10. The van der Waals surface area contributed by atoms with E-state index in [0.29, 0.717) is 5.25 Å². The molecular weight excluding hydrogens is 164 g/mol. The molecule has 1 atom stereocenters. The average Bonchev–Trinajstić information content (AvgIpc) is 2.06. The molecule has 0 rings (SSSR count). The third-order valence-electron chi connectivity index (χ3n) is 1.09. The number of hydrogen-bond donors (Lipinski definition) is 1. The van der Waals surface area contributed by atoms with E-state index in [0.717, 1.165) is 0 Å². The van der Waals surface area contributed by atoms with Crippen LogP contribution in [0.3, 0.4) is 0 Å². The topological polar surface area (TPSA) is 0 Å². The smallest absolute Gasteiger partial charge is 0.00142 e. The minimum atomic E-state index is 0.579. The van der Waals surface area contributed by atoms with E-state index in [1.165, 1.54) is 25.7 Å². The predicted octanol–water partition coefficient (Wildman–Crippen LogP) is 4.94. The lowest BCUT2D eigenvalue weighted by atomic mass is 10.4. The van der Waals surface area contributed by atoms with Crippen molar-refractivity contribution >= 4 is 12.6 Å². The van der Waals surface area contributed by atoms with Crippen LogP contribution >= 0.6 is 12.6 Å². The predicted molar refractivity (Wildman–Crippen MR) is 65.3 cm³/mol. The van der Waals surface area contributed by atoms with Gasteiger partial charge in [0.1, 0.15) is 0 Å². The van der Waals surface area contributed by atoms with E-state index in [9.17, 15) is 0 Å². The second-order valence-corrected chi connectivity index (χ2v) is 3.85. The minimum Gasteiger partial charge on any atom is -0.176 e. The molecule has 0 N–H and O–H groups in total. The van der Waals surface area contributed by atoms with Crippen LogP contribution in [0.25, 0.3) is 0 Å². The van der Waals surface area contributed by atoms with Crippen LogP contribution in [0.1, 0.15) is 67.2 Å². The van der Waals surface area contributed by atoms with Crippen molar-refractivity contribution in [3.8, 4) is 0 Å². The Hall–Kier alpha value is 0.350. The van der Waals surface area contributed by atoms with Crippen molar-refractivity contribution in [3.63, 3.8) is 0 Å². The highest BCUT2D eigenvalue weighted by atomic mass is 32.1. The maximum Gasteiger partial charge on any atom is -0.00142 e. The van der Waals surface area contributed by atoms with Gasteiger partial charge >= 0.3 is 0 Å². The average molecular weight is 192 g/mol. The molecule has 0 aliphatic carbocycles. The summed E-state index contributed by atoms with van der Waals surface area (Å²) in [6, 6.07) is 0. The first kappa shape index (κ1) is 18.2. The van der Waals surface area contributed by atoms with E-state index in [1.54, 1.807) is 0 Å². The van der Waals surface area contributed by atoms with E-state index < -0.39 is 0 Å². The van der Waals surface area contributed by atoms with E-state index in [1.807, 2.05) is 0 Å². The Morgan fingerprint density at radius 3 is 1.08 bits per heavy atom. The Morgan fingerprint density at radius 2 is 1.08 bits per heavy atom. The first-order valence-electron chi connectivity index (χ1n) is 5.28. The number of hydrogen-bond acceptors (Lipinski definition) is 1. The lowest BCUT2D eigenvalue weighted by Crippen LogP contribution is -1.81. The number of unbranched alkanes of at least 4 members (excludes halogenated alkanes) is 1. The van der Waals surface area contributed by atoms with Crippen LogP contribution in [0.2, 0.25) is 0 Å². The molecule has 12 heavy (non-hydrogen) atoms. The Labute approximate surface area is 85.6 Å². The zero-order valence-corrected chi connectivity index (χ0v) is 10.7. The summed E-state index contributed by atoms with van der Waals surface area (Å²) in [5, 5.41) is 0.579. The maximum atomic E-state index is 4.10. The normalized spacial score (nSPS) is 10.2. The Morgan fingerprint density at radius 1 is 0.917 bits per heavy atom. The molecule has 0 nitrogen and oxygen atoms in total. The molecule has 0 aliphatic heterocycles. The zero-order chi connectivity index (χ0) is 10.4. The van der Waals surface area contributed by atoms with E-state index in [-0.39, 0.29) is 0 Å². The lowest BCUT2D eigenvalue weighted by molar-refractivity contribution is 0.886. The van der Waals surface area contributed by atoms with Crippen LogP contribution in [0, 0.1) is 0 Å². The van der Waals surface area contributed by atoms with Gasteiger partial charge in [0.2, 0.25) is 0 Å². The van der Waals surface area contributed by atoms with Crippen molar-refractivity contribution in [1.29, 1.82) is 0 Å². The van der Waals surface area contributed by atoms with Crippen molar-refractivity contribution < 1.29 is 0 Å². The first-order valence-corrected chi connectivity index (χ1v) is 5.80. The molecule has 78 valence electrons. The van der Waals surface area contributed by atoms with Crippen molar-refractivity contribution in [2.75, 3.05) is 0 Å². The third-order valence-corrected chi connectivity index (χ3v) is 1.46. The summed E-state index contributed by atoms with van der Waals surface area (Å²) in [6.45, 7) is 12.8. The second-order valence-electron chi connectivity index (χ2n) is 2.96. The van der Waals surface area contributed by atoms with Gasteiger partial charge in [-0.3, -0.25) is 0 Å². The Kier molecular flexibility index (Phi) is 34.1. The standard InChI is InChI=1S/C4H10S.C4H10.C3H8/c1-3-4(2)5;1-3-4-2;1-3-2/h4-5H,3H2,1-2H3;3-4H2,1-2H3;3H2,1-2H3. The van der Waals surface area contributed by atoms with Gasteiger partial charge in [-0.15, -0.1) is 0 Å². The summed E-state index contributed by atoms with van der Waals surface area (Å²) in [5.41, 5.74) is 0. The van der Waals surface area contributed by atoms with E-state index >= 15 is 0 Å². The molecule has 0 aromatic carbocycles. The second kappa shape index (κ2) is 22.5. The van der Waals surface area contributed by atoms with Crippen molar-refractivity contribution in [3.05, 3.63) is 0 Å². The van der Waals surface area contributed by atoms with Crippen LogP contribution in [-0.4, -0.2) is 5.25 Å². The molecular formula is C11H28S. The molecule has 0 fully saturated rings. The van der Waals surface area contributed by atoms with Crippen molar-refractivity contribution in [2.24, 2.45) is 0 Å². The zero-order valence-electron chi connectivity index (χ0n) is 9.85. The molecule has 0 spiro atoms. The van der Waals surface area contributed by atoms with Gasteiger partial charge in [0.25, 0.3) is 0 Å². The van der Waals surface area contributed by atoms with Crippen LogP contribution in [-0.2, 0) is 0 Å². The summed E-state index contributed by atoms with van der Waals surface area (Å²) < 4.78 is 0. The van der Waals surface area contributed by atoms with Gasteiger partial charge in [-0.05, 0) is 11.7 Å². The molecule has 0 radical (unpaired) electrons. The summed E-state index contributed by atoms with van der Waals surface area (Å²) in [6.07, 6.45) is 5.06. The monoisotopic (exact) mass is 192 g/mol. The molecule has 0 aromatic rings. The summed E-state index contributed by atoms with van der Waals surface area (Å²) in [5.74, 6) is 0. The van der Waals surface area contributed by atoms with Crippen molar-refractivity contribution in [1.82, 2.24) is 0 Å². The minimum absolute atomic E-state index is 0.579. The number of rotatable bonds is 2. The summed E-state index contributed by atoms with van der Waals surface area (Å²) in [7, 11) is 0. The summed E-state index contributed by atoms with van der Waals surface area (Å²) in [4.78, 5) is 0. The lowest BCUT2D eigenvalue weighted by Gasteiger charge is -1.89. The Bertz CT molecular complexity index is 40.3. The quantitative estimate of drug-likeness (QED) is 0.589. The fraction of sp³-hybridized carbons (Fsp3) is 1.00. The molecule has 1 unspecified atom stereocenters. The fourth-order valence-corrected chi connectivity index (χ4v) is 0. The van der Waals surface area contributed by atoms with Gasteiger partial charge in [-0.25, -0.2) is 0 Å². The van der Waals surface area contributed by atoms with Crippen LogP contribution in [0.5, 0.6) is 0 Å². The largest absolute Gasteiger partial charge is 0.176 e. The summed E-state index contributed by atoms with van der Waals surface area (Å²) >= 11 is 4.10. The molecule has 0 aliphatic rings. The number of thiol groups is 1. The highest BCUT2D eigenvalue weighted by molar-refractivity contribution is 7.80. The fourth-order valence-electron chi connectivity index (χ4n) is 0. The third kappa shape index (κ3) is 80.6. The highest BCUT2D eigenvalue weighted by Gasteiger charge is 1.81. The van der Waals surface area contributed by atoms with Gasteiger partial charge in [0.15, 0.2) is 0 Å². The van der Waals surface area contributed by atoms with Gasteiger partial charge in [-0.2, -0.15) is 12.6 Å². The highest BCUT2D eigenvalue weighted by Crippen LogP contribution is 1.94. The van der Waals surface area contributed by atoms with Gasteiger partial charge in [-0.1, -0.05) is 60.8 Å². The van der Waals surface area contributed by atoms with Crippen LogP contribution in [0.15, 0.2) is 0 Å². The molecule has 0 saturated heterocycles. The van der Waals surface area contributed by atoms with Crippen LogP contribution in [0.4, 0.5) is 0 Å². The molecule has 0 saturated carbocycles. The molecule has 0 bridgehead atoms. The van der Waals surface area contributed by atoms with E-state index in [4.69, 9.17) is 0 Å². The SMILES string of the molecule is CCC.CCC(C)S.CCCC. The van der Waals surface area contributed by atoms with Crippen molar-refractivity contribution in [2.45, 2.75) is 72.5 Å². The Balaban J connectivity index is -0.000000105.